The van der Waals surface area contributed by atoms with Crippen molar-refractivity contribution in [1.29, 1.82) is 0 Å². The summed E-state index contributed by atoms with van der Waals surface area (Å²) in [5.74, 6) is 0.158. The molecule has 1 fully saturated rings. The van der Waals surface area contributed by atoms with Crippen LogP contribution < -0.4 is 0 Å². The fourth-order valence-electron chi connectivity index (χ4n) is 3.30. The highest BCUT2D eigenvalue weighted by Gasteiger charge is 2.34. The summed E-state index contributed by atoms with van der Waals surface area (Å²) in [5.41, 5.74) is 2.54. The van der Waals surface area contributed by atoms with Gasteiger partial charge >= 0.3 is 0 Å². The van der Waals surface area contributed by atoms with Crippen molar-refractivity contribution in [2.75, 3.05) is 13.1 Å². The maximum Gasteiger partial charge on any atom is 0.243 e. The zero-order chi connectivity index (χ0) is 17.3. The van der Waals surface area contributed by atoms with Gasteiger partial charge in [0.15, 0.2) is 0 Å². The zero-order valence-electron chi connectivity index (χ0n) is 13.5. The van der Waals surface area contributed by atoms with E-state index in [2.05, 4.69) is 15.2 Å². The number of nitrogens with one attached hydrogen (secondary N) is 1. The normalized spacial score (nSPS) is 18.5. The van der Waals surface area contributed by atoms with E-state index >= 15 is 0 Å². The van der Waals surface area contributed by atoms with Crippen LogP contribution in [0.2, 0.25) is 0 Å². The van der Waals surface area contributed by atoms with Gasteiger partial charge < -0.3 is 0 Å². The van der Waals surface area contributed by atoms with Crippen LogP contribution in [0.5, 0.6) is 0 Å². The van der Waals surface area contributed by atoms with Crippen LogP contribution in [-0.2, 0) is 10.0 Å². The molecule has 4 rings (SSSR count). The van der Waals surface area contributed by atoms with Gasteiger partial charge in [0.1, 0.15) is 0 Å². The fraction of sp³-hybridized carbons (Fsp3) is 0.222. The summed E-state index contributed by atoms with van der Waals surface area (Å²) in [4.78, 5) is 4.35. The SMILES string of the molecule is O=S(=O)(c1ccccc1-c1ccncc1)N1CCC(c2ccn[nH]2)C1. The standard InChI is InChI=1S/C18H18N4O2S/c23-25(24,22-12-8-15(13-22)17-7-11-20-21-17)18-4-2-1-3-16(18)14-5-9-19-10-6-14/h1-7,9-11,15H,8,12-13H2,(H,20,21). The van der Waals surface area contributed by atoms with Crippen LogP contribution in [0.1, 0.15) is 18.0 Å². The number of hydrogen-bond donors (Lipinski definition) is 1. The Balaban J connectivity index is 1.68. The number of aromatic nitrogens is 3. The zero-order valence-corrected chi connectivity index (χ0v) is 14.4. The first-order chi connectivity index (χ1) is 12.2. The Bertz CT molecular complexity index is 956. The third-order valence-corrected chi connectivity index (χ3v) is 6.53. The predicted octanol–water partition coefficient (Wildman–Crippen LogP) is 2.65. The van der Waals surface area contributed by atoms with E-state index in [-0.39, 0.29) is 5.92 Å². The molecule has 1 atom stereocenters. The number of aromatic amines is 1. The van der Waals surface area contributed by atoms with Crippen molar-refractivity contribution in [3.05, 3.63) is 66.7 Å². The number of nitrogens with zero attached hydrogens (tertiary/aromatic N) is 3. The van der Waals surface area contributed by atoms with Crippen LogP contribution in [0.3, 0.4) is 0 Å². The smallest absolute Gasteiger partial charge is 0.243 e. The lowest BCUT2D eigenvalue weighted by Crippen LogP contribution is -2.29. The molecule has 1 N–H and O–H groups in total. The topological polar surface area (TPSA) is 79.0 Å². The molecule has 1 saturated heterocycles. The molecule has 0 aliphatic carbocycles. The van der Waals surface area contributed by atoms with Gasteiger partial charge in [0.05, 0.1) is 4.90 Å². The summed E-state index contributed by atoms with van der Waals surface area (Å²) in [6, 6.07) is 12.7. The van der Waals surface area contributed by atoms with Crippen LogP contribution in [0.15, 0.2) is 66.0 Å². The first kappa shape index (κ1) is 16.0. The molecule has 3 heterocycles. The van der Waals surface area contributed by atoms with E-state index in [0.717, 1.165) is 17.7 Å². The molecular formula is C18H18N4O2S. The maximum absolute atomic E-state index is 13.2. The molecule has 1 unspecified atom stereocenters. The summed E-state index contributed by atoms with van der Waals surface area (Å²) < 4.78 is 28.0. The molecule has 1 aliphatic heterocycles. The average Bonchev–Trinajstić information content (AvgIpc) is 3.34. The number of pyridine rings is 1. The molecule has 0 saturated carbocycles. The Labute approximate surface area is 146 Å². The van der Waals surface area contributed by atoms with Crippen LogP contribution in [0.4, 0.5) is 0 Å². The number of rotatable bonds is 4. The molecule has 0 amide bonds. The minimum absolute atomic E-state index is 0.158. The predicted molar refractivity (Wildman–Crippen MR) is 94.4 cm³/mol. The summed E-state index contributed by atoms with van der Waals surface area (Å²) in [6.45, 7) is 0.978. The summed E-state index contributed by atoms with van der Waals surface area (Å²) >= 11 is 0. The Morgan fingerprint density at radius 3 is 2.60 bits per heavy atom. The third-order valence-electron chi connectivity index (χ3n) is 4.61. The molecule has 3 aromatic rings. The van der Waals surface area contributed by atoms with Gasteiger partial charge in [-0.15, -0.1) is 0 Å². The lowest BCUT2D eigenvalue weighted by atomic mass is 10.1. The van der Waals surface area contributed by atoms with Crippen LogP contribution in [-0.4, -0.2) is 41.0 Å². The van der Waals surface area contributed by atoms with Gasteiger partial charge in [0.25, 0.3) is 0 Å². The molecule has 1 aromatic carbocycles. The number of sulfonamides is 1. The van der Waals surface area contributed by atoms with E-state index in [1.807, 2.05) is 30.3 Å². The lowest BCUT2D eigenvalue weighted by molar-refractivity contribution is 0.472. The quantitative estimate of drug-likeness (QED) is 0.781. The lowest BCUT2D eigenvalue weighted by Gasteiger charge is -2.19. The van der Waals surface area contributed by atoms with Gasteiger partial charge in [-0.25, -0.2) is 8.42 Å². The summed E-state index contributed by atoms with van der Waals surface area (Å²) in [6.07, 6.45) is 5.83. The highest BCUT2D eigenvalue weighted by atomic mass is 32.2. The van der Waals surface area contributed by atoms with Crippen molar-refractivity contribution in [3.8, 4) is 11.1 Å². The van der Waals surface area contributed by atoms with Crippen molar-refractivity contribution in [2.45, 2.75) is 17.2 Å². The van der Waals surface area contributed by atoms with Crippen molar-refractivity contribution >= 4 is 10.0 Å². The average molecular weight is 354 g/mol. The van der Waals surface area contributed by atoms with Crippen LogP contribution >= 0.6 is 0 Å². The van der Waals surface area contributed by atoms with E-state index in [1.165, 1.54) is 0 Å². The Kier molecular flexibility index (Phi) is 4.10. The molecule has 25 heavy (non-hydrogen) atoms. The monoisotopic (exact) mass is 354 g/mol. The third kappa shape index (κ3) is 2.96. The van der Waals surface area contributed by atoms with Gasteiger partial charge in [-0.3, -0.25) is 10.1 Å². The molecule has 2 aromatic heterocycles. The molecule has 0 radical (unpaired) electrons. The van der Waals surface area contributed by atoms with E-state index in [1.54, 1.807) is 35.0 Å². The van der Waals surface area contributed by atoms with E-state index in [4.69, 9.17) is 0 Å². The Hall–Kier alpha value is -2.51. The molecular weight excluding hydrogens is 336 g/mol. The summed E-state index contributed by atoms with van der Waals surface area (Å²) in [7, 11) is -3.56. The highest BCUT2D eigenvalue weighted by Crippen LogP contribution is 2.34. The largest absolute Gasteiger partial charge is 0.282 e. The minimum Gasteiger partial charge on any atom is -0.282 e. The van der Waals surface area contributed by atoms with Crippen molar-refractivity contribution < 1.29 is 8.42 Å². The Morgan fingerprint density at radius 2 is 1.84 bits per heavy atom. The molecule has 0 spiro atoms. The second-order valence-electron chi connectivity index (χ2n) is 6.09. The molecule has 0 bridgehead atoms. The van der Waals surface area contributed by atoms with Crippen LogP contribution in [0.25, 0.3) is 11.1 Å². The minimum atomic E-state index is -3.56. The van der Waals surface area contributed by atoms with E-state index in [0.29, 0.717) is 23.5 Å². The van der Waals surface area contributed by atoms with Crippen molar-refractivity contribution in [3.63, 3.8) is 0 Å². The molecule has 128 valence electrons. The highest BCUT2D eigenvalue weighted by molar-refractivity contribution is 7.89. The van der Waals surface area contributed by atoms with E-state index < -0.39 is 10.0 Å². The second kappa shape index (κ2) is 6.42. The molecule has 7 heteroatoms. The first-order valence-electron chi connectivity index (χ1n) is 8.15. The number of H-pyrrole nitrogens is 1. The fourth-order valence-corrected chi connectivity index (χ4v) is 5.01. The van der Waals surface area contributed by atoms with Gasteiger partial charge in [0.2, 0.25) is 10.0 Å². The number of hydrogen-bond acceptors (Lipinski definition) is 4. The van der Waals surface area contributed by atoms with Crippen molar-refractivity contribution in [1.82, 2.24) is 19.5 Å². The summed E-state index contributed by atoms with van der Waals surface area (Å²) in [5, 5.41) is 6.92. The van der Waals surface area contributed by atoms with Gasteiger partial charge in [0, 0.05) is 48.9 Å². The van der Waals surface area contributed by atoms with Crippen LogP contribution in [0, 0.1) is 0 Å². The van der Waals surface area contributed by atoms with Gasteiger partial charge in [-0.1, -0.05) is 18.2 Å². The Morgan fingerprint density at radius 1 is 1.04 bits per heavy atom. The van der Waals surface area contributed by atoms with E-state index in [9.17, 15) is 8.42 Å². The maximum atomic E-state index is 13.2. The molecule has 1 aliphatic rings. The van der Waals surface area contributed by atoms with Gasteiger partial charge in [-0.2, -0.15) is 9.40 Å². The number of benzene rings is 1. The second-order valence-corrected chi connectivity index (χ2v) is 8.00. The first-order valence-corrected chi connectivity index (χ1v) is 9.59. The van der Waals surface area contributed by atoms with Gasteiger partial charge in [-0.05, 0) is 36.2 Å². The van der Waals surface area contributed by atoms with Crippen molar-refractivity contribution in [2.24, 2.45) is 0 Å². The molecule has 6 nitrogen and oxygen atoms in total.